The van der Waals surface area contributed by atoms with Gasteiger partial charge < -0.3 is 10.1 Å². The zero-order chi connectivity index (χ0) is 13.4. The van der Waals surface area contributed by atoms with E-state index in [4.69, 9.17) is 4.74 Å². The van der Waals surface area contributed by atoms with Crippen LogP contribution in [0.25, 0.3) is 0 Å². The van der Waals surface area contributed by atoms with Gasteiger partial charge in [-0.2, -0.15) is 0 Å². The molecule has 0 aliphatic heterocycles. The highest BCUT2D eigenvalue weighted by molar-refractivity contribution is 5.94. The van der Waals surface area contributed by atoms with Crippen molar-refractivity contribution in [3.8, 4) is 0 Å². The Morgan fingerprint density at radius 2 is 2.11 bits per heavy atom. The van der Waals surface area contributed by atoms with Gasteiger partial charge in [-0.15, -0.1) is 0 Å². The van der Waals surface area contributed by atoms with Crippen molar-refractivity contribution in [3.05, 3.63) is 35.1 Å². The molecule has 0 aliphatic rings. The summed E-state index contributed by atoms with van der Waals surface area (Å²) in [6.45, 7) is 3.09. The molecule has 0 spiro atoms. The topological polar surface area (TPSA) is 38.3 Å². The average molecular weight is 253 g/mol. The highest BCUT2D eigenvalue weighted by Gasteiger charge is 2.10. The number of amides is 1. The van der Waals surface area contributed by atoms with Crippen LogP contribution in [-0.4, -0.2) is 26.2 Å². The number of halogens is 1. The van der Waals surface area contributed by atoms with E-state index in [1.165, 1.54) is 12.1 Å². The maximum absolute atomic E-state index is 13.5. The summed E-state index contributed by atoms with van der Waals surface area (Å²) < 4.78 is 18.4. The molecule has 1 aromatic rings. The van der Waals surface area contributed by atoms with Crippen LogP contribution in [0.15, 0.2) is 18.2 Å². The zero-order valence-corrected chi connectivity index (χ0v) is 11.0. The zero-order valence-electron chi connectivity index (χ0n) is 11.0. The third-order valence-corrected chi connectivity index (χ3v) is 2.68. The van der Waals surface area contributed by atoms with Crippen molar-refractivity contribution in [2.24, 2.45) is 0 Å². The van der Waals surface area contributed by atoms with E-state index in [1.807, 2.05) is 0 Å². The molecule has 1 aromatic carbocycles. The van der Waals surface area contributed by atoms with Crippen molar-refractivity contribution in [2.45, 2.75) is 26.2 Å². The molecule has 0 unspecified atom stereocenters. The molecule has 18 heavy (non-hydrogen) atoms. The van der Waals surface area contributed by atoms with Crippen LogP contribution in [0, 0.1) is 12.7 Å². The first-order valence-corrected chi connectivity index (χ1v) is 6.18. The number of methoxy groups -OCH3 is 1. The lowest BCUT2D eigenvalue weighted by molar-refractivity contribution is 0.0948. The maximum Gasteiger partial charge on any atom is 0.254 e. The number of hydrogen-bond acceptors (Lipinski definition) is 2. The SMILES string of the molecule is COCCCCCNC(=O)c1ccc(C)cc1F. The minimum absolute atomic E-state index is 0.109. The number of aryl methyl sites for hydroxylation is 1. The molecule has 4 heteroatoms. The van der Waals surface area contributed by atoms with E-state index in [0.29, 0.717) is 6.54 Å². The highest BCUT2D eigenvalue weighted by atomic mass is 19.1. The van der Waals surface area contributed by atoms with Gasteiger partial charge in [0, 0.05) is 20.3 Å². The molecule has 0 saturated heterocycles. The number of carbonyl (C=O) groups is 1. The van der Waals surface area contributed by atoms with Crippen LogP contribution in [0.2, 0.25) is 0 Å². The van der Waals surface area contributed by atoms with E-state index in [-0.39, 0.29) is 11.5 Å². The molecule has 0 atom stereocenters. The van der Waals surface area contributed by atoms with Gasteiger partial charge >= 0.3 is 0 Å². The van der Waals surface area contributed by atoms with Crippen molar-refractivity contribution >= 4 is 5.91 Å². The Hall–Kier alpha value is -1.42. The minimum atomic E-state index is -0.466. The Balaban J connectivity index is 2.32. The summed E-state index contributed by atoms with van der Waals surface area (Å²) in [7, 11) is 1.67. The maximum atomic E-state index is 13.5. The fourth-order valence-corrected chi connectivity index (χ4v) is 1.65. The van der Waals surface area contributed by atoms with Gasteiger partial charge in [-0.1, -0.05) is 6.07 Å². The van der Waals surface area contributed by atoms with E-state index < -0.39 is 5.82 Å². The fraction of sp³-hybridized carbons (Fsp3) is 0.500. The van der Waals surface area contributed by atoms with Gasteiger partial charge in [0.25, 0.3) is 5.91 Å². The van der Waals surface area contributed by atoms with Gasteiger partial charge in [0.1, 0.15) is 5.82 Å². The fourth-order valence-electron chi connectivity index (χ4n) is 1.65. The van der Waals surface area contributed by atoms with Crippen LogP contribution in [0.1, 0.15) is 35.2 Å². The lowest BCUT2D eigenvalue weighted by atomic mass is 10.1. The van der Waals surface area contributed by atoms with Crippen molar-refractivity contribution in [3.63, 3.8) is 0 Å². The van der Waals surface area contributed by atoms with Crippen LogP contribution in [0.4, 0.5) is 4.39 Å². The molecule has 0 aromatic heterocycles. The normalized spacial score (nSPS) is 10.4. The van der Waals surface area contributed by atoms with Gasteiger partial charge in [0.05, 0.1) is 5.56 Å². The van der Waals surface area contributed by atoms with E-state index in [2.05, 4.69) is 5.32 Å². The lowest BCUT2D eigenvalue weighted by Gasteiger charge is -2.06. The molecule has 0 heterocycles. The van der Waals surface area contributed by atoms with Gasteiger partial charge in [0.15, 0.2) is 0 Å². The van der Waals surface area contributed by atoms with E-state index in [1.54, 1.807) is 20.1 Å². The molecular formula is C14H20FNO2. The predicted molar refractivity (Wildman–Crippen MR) is 69.2 cm³/mol. The first-order chi connectivity index (χ1) is 8.65. The lowest BCUT2D eigenvalue weighted by Crippen LogP contribution is -2.25. The Kier molecular flexibility index (Phi) is 6.36. The third kappa shape index (κ3) is 4.84. The summed E-state index contributed by atoms with van der Waals surface area (Å²) in [4.78, 5) is 11.7. The smallest absolute Gasteiger partial charge is 0.254 e. The van der Waals surface area contributed by atoms with E-state index >= 15 is 0 Å². The number of unbranched alkanes of at least 4 members (excludes halogenated alkanes) is 2. The Morgan fingerprint density at radius 1 is 1.33 bits per heavy atom. The van der Waals surface area contributed by atoms with Crippen molar-refractivity contribution < 1.29 is 13.9 Å². The number of hydrogen-bond donors (Lipinski definition) is 1. The number of rotatable bonds is 7. The molecular weight excluding hydrogens is 233 g/mol. The molecule has 3 nitrogen and oxygen atoms in total. The summed E-state index contributed by atoms with van der Waals surface area (Å²) >= 11 is 0. The predicted octanol–water partition coefficient (Wildman–Crippen LogP) is 2.68. The quantitative estimate of drug-likeness (QED) is 0.759. The number of benzene rings is 1. The molecule has 0 aliphatic carbocycles. The van der Waals surface area contributed by atoms with Gasteiger partial charge in [-0.05, 0) is 43.9 Å². The second-order valence-corrected chi connectivity index (χ2v) is 4.29. The summed E-state index contributed by atoms with van der Waals surface area (Å²) in [6, 6.07) is 4.62. The third-order valence-electron chi connectivity index (χ3n) is 2.68. The van der Waals surface area contributed by atoms with Gasteiger partial charge in [0.2, 0.25) is 0 Å². The second kappa shape index (κ2) is 7.82. The average Bonchev–Trinajstić information content (AvgIpc) is 2.33. The van der Waals surface area contributed by atoms with Crippen molar-refractivity contribution in [2.75, 3.05) is 20.3 Å². The largest absolute Gasteiger partial charge is 0.385 e. The van der Waals surface area contributed by atoms with Crippen LogP contribution < -0.4 is 5.32 Å². The number of ether oxygens (including phenoxy) is 1. The van der Waals surface area contributed by atoms with Crippen molar-refractivity contribution in [1.82, 2.24) is 5.32 Å². The standard InChI is InChI=1S/C14H20FNO2/c1-11-6-7-12(13(15)10-11)14(17)16-8-4-3-5-9-18-2/h6-7,10H,3-5,8-9H2,1-2H3,(H,16,17). The van der Waals surface area contributed by atoms with Gasteiger partial charge in [-0.3, -0.25) is 4.79 Å². The monoisotopic (exact) mass is 253 g/mol. The molecule has 0 radical (unpaired) electrons. The van der Waals surface area contributed by atoms with Crippen LogP contribution in [-0.2, 0) is 4.74 Å². The minimum Gasteiger partial charge on any atom is -0.385 e. The van der Waals surface area contributed by atoms with Crippen LogP contribution in [0.5, 0.6) is 0 Å². The Labute approximate surface area is 107 Å². The van der Waals surface area contributed by atoms with Gasteiger partial charge in [-0.25, -0.2) is 4.39 Å². The number of carbonyl (C=O) groups excluding carboxylic acids is 1. The van der Waals surface area contributed by atoms with E-state index in [9.17, 15) is 9.18 Å². The summed E-state index contributed by atoms with van der Waals surface area (Å²) in [5, 5.41) is 2.72. The van der Waals surface area contributed by atoms with Crippen LogP contribution >= 0.6 is 0 Å². The summed E-state index contributed by atoms with van der Waals surface area (Å²) in [6.07, 6.45) is 2.85. The Morgan fingerprint density at radius 3 is 2.78 bits per heavy atom. The summed E-state index contributed by atoms with van der Waals surface area (Å²) in [5.74, 6) is -0.814. The first-order valence-electron chi connectivity index (χ1n) is 6.18. The second-order valence-electron chi connectivity index (χ2n) is 4.29. The first kappa shape index (κ1) is 14.6. The van der Waals surface area contributed by atoms with Crippen molar-refractivity contribution in [1.29, 1.82) is 0 Å². The summed E-state index contributed by atoms with van der Waals surface area (Å²) in [5.41, 5.74) is 0.918. The number of nitrogens with one attached hydrogen (secondary N) is 1. The van der Waals surface area contributed by atoms with E-state index in [0.717, 1.165) is 31.4 Å². The molecule has 0 saturated carbocycles. The molecule has 100 valence electrons. The molecule has 1 rings (SSSR count). The molecule has 1 amide bonds. The molecule has 1 N–H and O–H groups in total. The Bertz CT molecular complexity index is 393. The highest BCUT2D eigenvalue weighted by Crippen LogP contribution is 2.09. The molecule has 0 fully saturated rings. The molecule has 0 bridgehead atoms. The van der Waals surface area contributed by atoms with Crippen LogP contribution in [0.3, 0.4) is 0 Å².